The van der Waals surface area contributed by atoms with Crippen LogP contribution >= 0.6 is 0 Å². The molecule has 0 N–H and O–H groups in total. The van der Waals surface area contributed by atoms with Crippen molar-refractivity contribution in [1.29, 1.82) is 0 Å². The van der Waals surface area contributed by atoms with Crippen LogP contribution in [0.1, 0.15) is 30.1 Å². The number of rotatable bonds is 7. The van der Waals surface area contributed by atoms with E-state index in [4.69, 9.17) is 9.47 Å². The highest BCUT2D eigenvalue weighted by molar-refractivity contribution is 5.18. The molecule has 1 saturated heterocycles. The summed E-state index contributed by atoms with van der Waals surface area (Å²) in [6.07, 6.45) is 2.71. The Balaban J connectivity index is 1.43. The molecule has 3 nitrogen and oxygen atoms in total. The predicted molar refractivity (Wildman–Crippen MR) is 96.9 cm³/mol. The predicted octanol–water partition coefficient (Wildman–Crippen LogP) is 4.06. The van der Waals surface area contributed by atoms with Crippen molar-refractivity contribution in [1.82, 2.24) is 4.90 Å². The zero-order chi connectivity index (χ0) is 16.6. The lowest BCUT2D eigenvalue weighted by Crippen LogP contribution is -2.39. The van der Waals surface area contributed by atoms with Crippen LogP contribution in [0, 0.1) is 0 Å². The maximum absolute atomic E-state index is 6.08. The van der Waals surface area contributed by atoms with Crippen molar-refractivity contribution >= 4 is 0 Å². The molecule has 128 valence electrons. The average molecular weight is 325 g/mol. The maximum Gasteiger partial charge on any atom is 0.0947 e. The van der Waals surface area contributed by atoms with Crippen molar-refractivity contribution in [2.24, 2.45) is 0 Å². The fraction of sp³-hybridized carbons (Fsp3) is 0.429. The Morgan fingerprint density at radius 1 is 0.958 bits per heavy atom. The van der Waals surface area contributed by atoms with E-state index in [-0.39, 0.29) is 6.10 Å². The molecule has 0 radical (unpaired) electrons. The Morgan fingerprint density at radius 3 is 2.21 bits per heavy atom. The average Bonchev–Trinajstić information content (AvgIpc) is 2.67. The molecule has 1 atom stereocenters. The van der Waals surface area contributed by atoms with Crippen LogP contribution in [0.15, 0.2) is 60.7 Å². The summed E-state index contributed by atoms with van der Waals surface area (Å²) in [7, 11) is 1.80. The number of methoxy groups -OCH3 is 1. The molecule has 1 heterocycles. The summed E-state index contributed by atoms with van der Waals surface area (Å²) in [4.78, 5) is 2.49. The zero-order valence-electron chi connectivity index (χ0n) is 14.4. The number of hydrogen-bond acceptors (Lipinski definition) is 3. The second-order valence-electron chi connectivity index (χ2n) is 6.43. The zero-order valence-corrected chi connectivity index (χ0v) is 14.4. The van der Waals surface area contributed by atoms with E-state index in [0.29, 0.717) is 6.10 Å². The summed E-state index contributed by atoms with van der Waals surface area (Å²) in [6.45, 7) is 3.82. The molecule has 0 spiro atoms. The maximum atomic E-state index is 6.08. The highest BCUT2D eigenvalue weighted by atomic mass is 16.5. The lowest BCUT2D eigenvalue weighted by Gasteiger charge is -2.34. The van der Waals surface area contributed by atoms with Gasteiger partial charge in [0.25, 0.3) is 0 Å². The summed E-state index contributed by atoms with van der Waals surface area (Å²) < 4.78 is 11.8. The van der Waals surface area contributed by atoms with Crippen LogP contribution in [-0.4, -0.2) is 37.7 Å². The second kappa shape index (κ2) is 8.97. The molecule has 3 heteroatoms. The first kappa shape index (κ1) is 17.2. The second-order valence-corrected chi connectivity index (χ2v) is 6.43. The first-order valence-corrected chi connectivity index (χ1v) is 8.81. The summed E-state index contributed by atoms with van der Waals surface area (Å²) in [5, 5.41) is 0. The van der Waals surface area contributed by atoms with Gasteiger partial charge < -0.3 is 14.4 Å². The van der Waals surface area contributed by atoms with Crippen LogP contribution in [0.25, 0.3) is 0 Å². The van der Waals surface area contributed by atoms with Gasteiger partial charge in [0, 0.05) is 26.7 Å². The monoisotopic (exact) mass is 325 g/mol. The quantitative estimate of drug-likeness (QED) is 0.766. The summed E-state index contributed by atoms with van der Waals surface area (Å²) in [6, 6.07) is 20.9. The van der Waals surface area contributed by atoms with Crippen LogP contribution < -0.4 is 0 Å². The molecule has 2 aromatic rings. The van der Waals surface area contributed by atoms with E-state index in [1.165, 1.54) is 11.1 Å². The minimum atomic E-state index is 0.146. The van der Waals surface area contributed by atoms with E-state index in [1.807, 2.05) is 12.1 Å². The molecule has 24 heavy (non-hydrogen) atoms. The lowest BCUT2D eigenvalue weighted by atomic mass is 10.0. The van der Waals surface area contributed by atoms with Crippen LogP contribution in [0.2, 0.25) is 0 Å². The van der Waals surface area contributed by atoms with E-state index in [2.05, 4.69) is 53.4 Å². The normalized spacial score (nSPS) is 17.7. The topological polar surface area (TPSA) is 21.7 Å². The summed E-state index contributed by atoms with van der Waals surface area (Å²) in [5.74, 6) is 0. The smallest absolute Gasteiger partial charge is 0.0947 e. The number of benzene rings is 2. The molecule has 0 amide bonds. The third-order valence-corrected chi connectivity index (χ3v) is 4.74. The summed E-state index contributed by atoms with van der Waals surface area (Å²) in [5.41, 5.74) is 2.51. The van der Waals surface area contributed by atoms with Gasteiger partial charge in [-0.3, -0.25) is 0 Å². The molecule has 0 unspecified atom stereocenters. The van der Waals surface area contributed by atoms with Gasteiger partial charge in [0.1, 0.15) is 0 Å². The third-order valence-electron chi connectivity index (χ3n) is 4.74. The molecule has 0 aliphatic carbocycles. The standard InChI is InChI=1S/C21H27NO2/c1-23-21(19-10-6-3-7-11-19)16-22-14-12-20(13-15-22)24-17-18-8-4-2-5-9-18/h2-11,20-21H,12-17H2,1H3/t21-/m1/s1. The van der Waals surface area contributed by atoms with E-state index >= 15 is 0 Å². The number of ether oxygens (including phenoxy) is 2. The van der Waals surface area contributed by atoms with E-state index in [1.54, 1.807) is 7.11 Å². The Labute approximate surface area is 145 Å². The molecule has 0 saturated carbocycles. The fourth-order valence-corrected chi connectivity index (χ4v) is 3.27. The number of piperidine rings is 1. The summed E-state index contributed by atoms with van der Waals surface area (Å²) >= 11 is 0. The van der Waals surface area contributed by atoms with E-state index in [9.17, 15) is 0 Å². The van der Waals surface area contributed by atoms with Gasteiger partial charge in [-0.2, -0.15) is 0 Å². The molecule has 3 rings (SSSR count). The number of nitrogens with zero attached hydrogens (tertiary/aromatic N) is 1. The number of hydrogen-bond donors (Lipinski definition) is 0. The first-order chi connectivity index (χ1) is 11.8. The fourth-order valence-electron chi connectivity index (χ4n) is 3.27. The van der Waals surface area contributed by atoms with Crippen LogP contribution in [0.5, 0.6) is 0 Å². The van der Waals surface area contributed by atoms with Crippen molar-refractivity contribution in [3.05, 3.63) is 71.8 Å². The molecular formula is C21H27NO2. The van der Waals surface area contributed by atoms with Crippen molar-refractivity contribution < 1.29 is 9.47 Å². The van der Waals surface area contributed by atoms with Gasteiger partial charge in [0.2, 0.25) is 0 Å². The van der Waals surface area contributed by atoms with Gasteiger partial charge in [0.05, 0.1) is 18.8 Å². The van der Waals surface area contributed by atoms with Crippen LogP contribution in [-0.2, 0) is 16.1 Å². The third kappa shape index (κ3) is 4.91. The minimum absolute atomic E-state index is 0.146. The van der Waals surface area contributed by atoms with Gasteiger partial charge in [-0.25, -0.2) is 0 Å². The molecule has 0 aromatic heterocycles. The molecule has 1 fully saturated rings. The highest BCUT2D eigenvalue weighted by Gasteiger charge is 2.22. The van der Waals surface area contributed by atoms with Crippen LogP contribution in [0.3, 0.4) is 0 Å². The van der Waals surface area contributed by atoms with Gasteiger partial charge in [0.15, 0.2) is 0 Å². The van der Waals surface area contributed by atoms with E-state index < -0.39 is 0 Å². The molecular weight excluding hydrogens is 298 g/mol. The van der Waals surface area contributed by atoms with Crippen molar-refractivity contribution in [3.63, 3.8) is 0 Å². The van der Waals surface area contributed by atoms with Crippen molar-refractivity contribution in [3.8, 4) is 0 Å². The van der Waals surface area contributed by atoms with Crippen molar-refractivity contribution in [2.75, 3.05) is 26.7 Å². The molecule has 1 aliphatic heterocycles. The first-order valence-electron chi connectivity index (χ1n) is 8.81. The van der Waals surface area contributed by atoms with Gasteiger partial charge in [-0.15, -0.1) is 0 Å². The molecule has 1 aliphatic rings. The van der Waals surface area contributed by atoms with Crippen molar-refractivity contribution in [2.45, 2.75) is 31.7 Å². The lowest BCUT2D eigenvalue weighted by molar-refractivity contribution is -0.0155. The van der Waals surface area contributed by atoms with Gasteiger partial charge in [-0.05, 0) is 24.0 Å². The Hall–Kier alpha value is -1.68. The van der Waals surface area contributed by atoms with Crippen LogP contribution in [0.4, 0.5) is 0 Å². The largest absolute Gasteiger partial charge is 0.375 e. The highest BCUT2D eigenvalue weighted by Crippen LogP contribution is 2.21. The molecule has 2 aromatic carbocycles. The molecule has 0 bridgehead atoms. The Morgan fingerprint density at radius 2 is 1.58 bits per heavy atom. The van der Waals surface area contributed by atoms with E-state index in [0.717, 1.165) is 39.1 Å². The Kier molecular flexibility index (Phi) is 6.41. The SMILES string of the molecule is CO[C@H](CN1CCC(OCc2ccccc2)CC1)c1ccccc1. The minimum Gasteiger partial charge on any atom is -0.375 e. The van der Waals surface area contributed by atoms with Gasteiger partial charge >= 0.3 is 0 Å². The number of likely N-dealkylation sites (tertiary alicyclic amines) is 1. The van der Waals surface area contributed by atoms with Gasteiger partial charge in [-0.1, -0.05) is 60.7 Å². The Bertz CT molecular complexity index is 579.